The summed E-state index contributed by atoms with van der Waals surface area (Å²) in [4.78, 5) is 23.0. The first-order chi connectivity index (χ1) is 10.1. The molecule has 112 valence electrons. The van der Waals surface area contributed by atoms with Gasteiger partial charge in [0.25, 0.3) is 0 Å². The zero-order valence-electron chi connectivity index (χ0n) is 11.8. The summed E-state index contributed by atoms with van der Waals surface area (Å²) < 4.78 is 0. The van der Waals surface area contributed by atoms with Crippen LogP contribution in [0.25, 0.3) is 0 Å². The van der Waals surface area contributed by atoms with E-state index in [1.54, 1.807) is 24.3 Å². The van der Waals surface area contributed by atoms with Crippen molar-refractivity contribution in [3.05, 3.63) is 29.8 Å². The highest BCUT2D eigenvalue weighted by molar-refractivity contribution is 5.95. The van der Waals surface area contributed by atoms with E-state index in [0.29, 0.717) is 11.8 Å². The fraction of sp³-hybridized carbons (Fsp3) is 0.500. The SMILES string of the molecule is O=C(O)Cc1ccc(NC(=O)C2NCC3CCCC32)cc1. The highest BCUT2D eigenvalue weighted by Gasteiger charge is 2.42. The molecular weight excluding hydrogens is 268 g/mol. The topological polar surface area (TPSA) is 78.4 Å². The van der Waals surface area contributed by atoms with Crippen LogP contribution in [0.1, 0.15) is 24.8 Å². The molecular formula is C16H20N2O3. The average Bonchev–Trinajstić information content (AvgIpc) is 3.02. The van der Waals surface area contributed by atoms with E-state index in [-0.39, 0.29) is 18.4 Å². The van der Waals surface area contributed by atoms with Crippen molar-refractivity contribution < 1.29 is 14.7 Å². The maximum Gasteiger partial charge on any atom is 0.307 e. The van der Waals surface area contributed by atoms with Crippen molar-refractivity contribution in [2.45, 2.75) is 31.7 Å². The minimum Gasteiger partial charge on any atom is -0.481 e. The summed E-state index contributed by atoms with van der Waals surface area (Å²) in [7, 11) is 0. The fourth-order valence-electron chi connectivity index (χ4n) is 3.58. The molecule has 3 atom stereocenters. The molecule has 5 nitrogen and oxygen atoms in total. The lowest BCUT2D eigenvalue weighted by molar-refractivity contribution is -0.136. The van der Waals surface area contributed by atoms with Gasteiger partial charge in [-0.05, 0) is 48.9 Å². The van der Waals surface area contributed by atoms with E-state index in [9.17, 15) is 9.59 Å². The van der Waals surface area contributed by atoms with Gasteiger partial charge in [-0.3, -0.25) is 9.59 Å². The third kappa shape index (κ3) is 3.08. The number of carbonyl (C=O) groups excluding carboxylic acids is 1. The molecule has 1 aromatic carbocycles. The molecule has 1 aromatic rings. The van der Waals surface area contributed by atoms with Crippen molar-refractivity contribution in [2.24, 2.45) is 11.8 Å². The molecule has 1 heterocycles. The predicted octanol–water partition coefficient (Wildman–Crippen LogP) is 1.64. The average molecular weight is 288 g/mol. The Labute approximate surface area is 123 Å². The number of nitrogens with one attached hydrogen (secondary N) is 2. The Kier molecular flexibility index (Phi) is 3.92. The Hall–Kier alpha value is -1.88. The van der Waals surface area contributed by atoms with Gasteiger partial charge in [0.15, 0.2) is 0 Å². The highest BCUT2D eigenvalue weighted by Crippen LogP contribution is 2.37. The Bertz CT molecular complexity index is 541. The third-order valence-electron chi connectivity index (χ3n) is 4.61. The summed E-state index contributed by atoms with van der Waals surface area (Å²) in [6.45, 7) is 0.945. The van der Waals surface area contributed by atoms with Crippen LogP contribution in [-0.4, -0.2) is 29.6 Å². The number of aliphatic carboxylic acids is 1. The number of hydrogen-bond donors (Lipinski definition) is 3. The Morgan fingerprint density at radius 1 is 1.24 bits per heavy atom. The maximum atomic E-state index is 12.4. The van der Waals surface area contributed by atoms with E-state index in [2.05, 4.69) is 10.6 Å². The van der Waals surface area contributed by atoms with Gasteiger partial charge >= 0.3 is 5.97 Å². The van der Waals surface area contributed by atoms with E-state index in [0.717, 1.165) is 24.2 Å². The van der Waals surface area contributed by atoms with Crippen LogP contribution in [0.4, 0.5) is 5.69 Å². The molecule has 1 amide bonds. The molecule has 2 fully saturated rings. The van der Waals surface area contributed by atoms with Gasteiger partial charge in [0.05, 0.1) is 12.5 Å². The van der Waals surface area contributed by atoms with Gasteiger partial charge in [-0.25, -0.2) is 0 Å². The number of carboxylic acid groups (broad SMARTS) is 1. The molecule has 3 N–H and O–H groups in total. The van der Waals surface area contributed by atoms with Crippen LogP contribution in [0, 0.1) is 11.8 Å². The molecule has 0 radical (unpaired) electrons. The zero-order chi connectivity index (χ0) is 14.8. The maximum absolute atomic E-state index is 12.4. The largest absolute Gasteiger partial charge is 0.481 e. The number of benzene rings is 1. The van der Waals surface area contributed by atoms with E-state index < -0.39 is 5.97 Å². The van der Waals surface area contributed by atoms with Crippen LogP contribution in [0.15, 0.2) is 24.3 Å². The fourth-order valence-corrected chi connectivity index (χ4v) is 3.58. The van der Waals surface area contributed by atoms with Crippen molar-refractivity contribution in [3.63, 3.8) is 0 Å². The number of amides is 1. The molecule has 3 rings (SSSR count). The van der Waals surface area contributed by atoms with Crippen LogP contribution in [0.5, 0.6) is 0 Å². The first-order valence-corrected chi connectivity index (χ1v) is 7.48. The van der Waals surface area contributed by atoms with Crippen LogP contribution < -0.4 is 10.6 Å². The van der Waals surface area contributed by atoms with Gasteiger partial charge in [-0.2, -0.15) is 0 Å². The summed E-state index contributed by atoms with van der Waals surface area (Å²) in [5.74, 6) is 0.291. The Balaban J connectivity index is 1.61. The lowest BCUT2D eigenvalue weighted by atomic mass is 9.93. The minimum absolute atomic E-state index is 0.00214. The summed E-state index contributed by atoms with van der Waals surface area (Å²) in [6.07, 6.45) is 3.59. The molecule has 1 saturated heterocycles. The number of hydrogen-bond acceptors (Lipinski definition) is 3. The quantitative estimate of drug-likeness (QED) is 0.787. The molecule has 1 aliphatic heterocycles. The van der Waals surface area contributed by atoms with Crippen LogP contribution in [0.3, 0.4) is 0 Å². The van der Waals surface area contributed by atoms with Crippen molar-refractivity contribution in [2.75, 3.05) is 11.9 Å². The Morgan fingerprint density at radius 3 is 2.71 bits per heavy atom. The first kappa shape index (κ1) is 14.1. The molecule has 0 aromatic heterocycles. The molecule has 1 saturated carbocycles. The molecule has 3 unspecified atom stereocenters. The van der Waals surface area contributed by atoms with Crippen molar-refractivity contribution in [3.8, 4) is 0 Å². The molecule has 5 heteroatoms. The van der Waals surface area contributed by atoms with Gasteiger partial charge < -0.3 is 15.7 Å². The summed E-state index contributed by atoms with van der Waals surface area (Å²) >= 11 is 0. The standard InChI is InChI=1S/C16H20N2O3/c19-14(20)8-10-4-6-12(7-5-10)18-16(21)15-13-3-1-2-11(13)9-17-15/h4-7,11,13,15,17H,1-3,8-9H2,(H,18,21)(H,19,20). The summed E-state index contributed by atoms with van der Waals surface area (Å²) in [6, 6.07) is 6.92. The van der Waals surface area contributed by atoms with Gasteiger partial charge in [0.2, 0.25) is 5.91 Å². The van der Waals surface area contributed by atoms with Crippen molar-refractivity contribution in [1.29, 1.82) is 0 Å². The molecule has 1 aliphatic carbocycles. The normalized spacial score (nSPS) is 27.3. The number of carbonyl (C=O) groups is 2. The molecule has 0 bridgehead atoms. The van der Waals surface area contributed by atoms with Gasteiger partial charge in [-0.1, -0.05) is 18.6 Å². The Morgan fingerprint density at radius 2 is 2.00 bits per heavy atom. The second kappa shape index (κ2) is 5.85. The van der Waals surface area contributed by atoms with Crippen LogP contribution in [-0.2, 0) is 16.0 Å². The number of rotatable bonds is 4. The molecule has 21 heavy (non-hydrogen) atoms. The third-order valence-corrected chi connectivity index (χ3v) is 4.61. The van der Waals surface area contributed by atoms with E-state index in [4.69, 9.17) is 5.11 Å². The summed E-state index contributed by atoms with van der Waals surface area (Å²) in [5.41, 5.74) is 1.45. The lowest BCUT2D eigenvalue weighted by Crippen LogP contribution is -2.39. The van der Waals surface area contributed by atoms with Crippen LogP contribution >= 0.6 is 0 Å². The van der Waals surface area contributed by atoms with E-state index in [1.165, 1.54) is 12.8 Å². The number of carboxylic acids is 1. The van der Waals surface area contributed by atoms with Crippen molar-refractivity contribution >= 4 is 17.6 Å². The highest BCUT2D eigenvalue weighted by atomic mass is 16.4. The number of fused-ring (bicyclic) bond motifs is 1. The van der Waals surface area contributed by atoms with E-state index >= 15 is 0 Å². The first-order valence-electron chi connectivity index (χ1n) is 7.48. The smallest absolute Gasteiger partial charge is 0.307 e. The number of anilines is 1. The van der Waals surface area contributed by atoms with Crippen molar-refractivity contribution in [1.82, 2.24) is 5.32 Å². The summed E-state index contributed by atoms with van der Waals surface area (Å²) in [5, 5.41) is 15.0. The van der Waals surface area contributed by atoms with E-state index in [1.807, 2.05) is 0 Å². The molecule has 2 aliphatic rings. The molecule has 0 spiro atoms. The van der Waals surface area contributed by atoms with Gasteiger partial charge in [0.1, 0.15) is 0 Å². The van der Waals surface area contributed by atoms with Crippen LogP contribution in [0.2, 0.25) is 0 Å². The second-order valence-corrected chi connectivity index (χ2v) is 6.00. The minimum atomic E-state index is -0.853. The predicted molar refractivity (Wildman–Crippen MR) is 79.0 cm³/mol. The monoisotopic (exact) mass is 288 g/mol. The second-order valence-electron chi connectivity index (χ2n) is 6.00. The van der Waals surface area contributed by atoms with Gasteiger partial charge in [0, 0.05) is 5.69 Å². The lowest BCUT2D eigenvalue weighted by Gasteiger charge is -2.17. The van der Waals surface area contributed by atoms with Gasteiger partial charge in [-0.15, -0.1) is 0 Å². The zero-order valence-corrected chi connectivity index (χ0v) is 11.8.